The van der Waals surface area contributed by atoms with Crippen LogP contribution in [-0.4, -0.2) is 39.3 Å². The van der Waals surface area contributed by atoms with Crippen molar-refractivity contribution in [3.05, 3.63) is 46.8 Å². The maximum Gasteiger partial charge on any atom is 0.260 e. The summed E-state index contributed by atoms with van der Waals surface area (Å²) < 4.78 is 34.7. The van der Waals surface area contributed by atoms with Crippen molar-refractivity contribution in [2.75, 3.05) is 13.7 Å². The lowest BCUT2D eigenvalue weighted by atomic mass is 10.1. The Bertz CT molecular complexity index is 766. The molecule has 8 heteroatoms. The molecule has 0 bridgehead atoms. The van der Waals surface area contributed by atoms with Gasteiger partial charge in [0.1, 0.15) is 22.9 Å². The molecule has 1 atom stereocenters. The molecule has 24 heavy (non-hydrogen) atoms. The van der Waals surface area contributed by atoms with Gasteiger partial charge in [0.05, 0.1) is 37.7 Å². The van der Waals surface area contributed by atoms with Gasteiger partial charge in [-0.05, 0) is 13.0 Å². The summed E-state index contributed by atoms with van der Waals surface area (Å²) in [5, 5.41) is 13.8. The predicted molar refractivity (Wildman–Crippen MR) is 80.5 cm³/mol. The number of fused-ring (bicyclic) bond motifs is 1. The first-order valence-corrected chi connectivity index (χ1v) is 7.47. The van der Waals surface area contributed by atoms with Gasteiger partial charge in [-0.15, -0.1) is 0 Å². The molecular weight excluding hydrogens is 320 g/mol. The number of amides is 1. The second-order valence-corrected chi connectivity index (χ2v) is 5.65. The number of aliphatic hydroxyl groups excluding tert-OH is 1. The number of hydrogen-bond donors (Lipinski definition) is 1. The molecule has 1 aliphatic heterocycles. The summed E-state index contributed by atoms with van der Waals surface area (Å²) in [7, 11) is 1.29. The van der Waals surface area contributed by atoms with Crippen molar-refractivity contribution in [2.24, 2.45) is 0 Å². The van der Waals surface area contributed by atoms with Crippen molar-refractivity contribution < 1.29 is 23.4 Å². The van der Waals surface area contributed by atoms with Gasteiger partial charge in [0.2, 0.25) is 0 Å². The van der Waals surface area contributed by atoms with E-state index < -0.39 is 29.2 Å². The van der Waals surface area contributed by atoms with Crippen molar-refractivity contribution >= 4 is 5.91 Å². The number of carbonyl (C=O) groups is 1. The molecule has 0 fully saturated rings. The minimum Gasteiger partial charge on any atom is -0.497 e. The Labute approximate surface area is 137 Å². The van der Waals surface area contributed by atoms with Crippen molar-refractivity contribution in [1.82, 2.24) is 14.7 Å². The molecule has 0 radical (unpaired) electrons. The number of rotatable bonds is 3. The van der Waals surface area contributed by atoms with E-state index in [1.54, 1.807) is 17.7 Å². The lowest BCUT2D eigenvalue weighted by molar-refractivity contribution is 0.0695. The second kappa shape index (κ2) is 6.20. The Balaban J connectivity index is 1.86. The van der Waals surface area contributed by atoms with Gasteiger partial charge in [0.25, 0.3) is 5.91 Å². The first-order chi connectivity index (χ1) is 11.4. The van der Waals surface area contributed by atoms with Gasteiger partial charge < -0.3 is 14.7 Å². The average molecular weight is 337 g/mol. The Morgan fingerprint density at radius 3 is 2.54 bits per heavy atom. The number of methoxy groups -OCH3 is 1. The Morgan fingerprint density at radius 1 is 1.29 bits per heavy atom. The van der Waals surface area contributed by atoms with Crippen LogP contribution < -0.4 is 4.74 Å². The molecule has 6 nitrogen and oxygen atoms in total. The van der Waals surface area contributed by atoms with E-state index in [-0.39, 0.29) is 18.8 Å². The lowest BCUT2D eigenvalue weighted by Gasteiger charge is -2.28. The first-order valence-electron chi connectivity index (χ1n) is 7.47. The smallest absolute Gasteiger partial charge is 0.260 e. The van der Waals surface area contributed by atoms with Crippen molar-refractivity contribution in [3.8, 4) is 5.75 Å². The Morgan fingerprint density at radius 2 is 1.96 bits per heavy atom. The molecule has 1 aliphatic rings. The Kier molecular flexibility index (Phi) is 4.23. The standard InChI is InChI=1S/C16H17F2N3O3/c1-9(22)14-5-10-8-20(3-4-21(10)19-14)16(23)15-12(17)6-11(24-2)7-13(15)18/h5-7,9,22H,3-4,8H2,1-2H3/t9-/m0/s1. The van der Waals surface area contributed by atoms with Crippen molar-refractivity contribution in [2.45, 2.75) is 26.1 Å². The number of aliphatic hydroxyl groups is 1. The van der Waals surface area contributed by atoms with Crippen LogP contribution in [0.2, 0.25) is 0 Å². The number of ether oxygens (including phenoxy) is 1. The van der Waals surface area contributed by atoms with Gasteiger partial charge in [-0.2, -0.15) is 5.10 Å². The summed E-state index contributed by atoms with van der Waals surface area (Å²) in [6, 6.07) is 3.65. The largest absolute Gasteiger partial charge is 0.497 e. The van der Waals surface area contributed by atoms with Gasteiger partial charge >= 0.3 is 0 Å². The van der Waals surface area contributed by atoms with E-state index in [0.29, 0.717) is 17.9 Å². The molecule has 0 saturated heterocycles. The molecule has 1 N–H and O–H groups in total. The molecule has 1 amide bonds. The molecule has 0 spiro atoms. The summed E-state index contributed by atoms with van der Waals surface area (Å²) in [4.78, 5) is 13.9. The minimum atomic E-state index is -0.958. The highest BCUT2D eigenvalue weighted by Gasteiger charge is 2.28. The normalized spacial score (nSPS) is 15.1. The summed E-state index contributed by atoms with van der Waals surface area (Å²) in [5.74, 6) is -2.63. The van der Waals surface area contributed by atoms with E-state index in [9.17, 15) is 18.7 Å². The van der Waals surface area contributed by atoms with Crippen LogP contribution in [-0.2, 0) is 13.1 Å². The third-order valence-electron chi connectivity index (χ3n) is 4.00. The average Bonchev–Trinajstić information content (AvgIpc) is 2.97. The predicted octanol–water partition coefficient (Wildman–Crippen LogP) is 1.88. The van der Waals surface area contributed by atoms with Crippen LogP contribution in [0.3, 0.4) is 0 Å². The lowest BCUT2D eigenvalue weighted by Crippen LogP contribution is -2.39. The van der Waals surface area contributed by atoms with Crippen LogP contribution in [0.1, 0.15) is 34.8 Å². The fourth-order valence-electron chi connectivity index (χ4n) is 2.70. The molecule has 1 aromatic carbocycles. The highest BCUT2D eigenvalue weighted by atomic mass is 19.1. The number of halogens is 2. The quantitative estimate of drug-likeness (QED) is 0.929. The zero-order valence-corrected chi connectivity index (χ0v) is 13.3. The zero-order chi connectivity index (χ0) is 17.4. The van der Waals surface area contributed by atoms with Gasteiger partial charge in [-0.1, -0.05) is 0 Å². The number of benzene rings is 1. The zero-order valence-electron chi connectivity index (χ0n) is 13.3. The monoisotopic (exact) mass is 337 g/mol. The van der Waals surface area contributed by atoms with Crippen molar-refractivity contribution in [3.63, 3.8) is 0 Å². The molecule has 0 aliphatic carbocycles. The van der Waals surface area contributed by atoms with E-state index in [1.807, 2.05) is 0 Å². The number of carbonyl (C=O) groups excluding carboxylic acids is 1. The summed E-state index contributed by atoms with van der Waals surface area (Å²) in [6.45, 7) is 2.44. The van der Waals surface area contributed by atoms with Crippen LogP contribution in [0.25, 0.3) is 0 Å². The van der Waals surface area contributed by atoms with Crippen molar-refractivity contribution in [1.29, 1.82) is 0 Å². The van der Waals surface area contributed by atoms with E-state index in [2.05, 4.69) is 5.10 Å². The third-order valence-corrected chi connectivity index (χ3v) is 4.00. The molecule has 0 saturated carbocycles. The van der Waals surface area contributed by atoms with Gasteiger partial charge in [0.15, 0.2) is 0 Å². The summed E-state index contributed by atoms with van der Waals surface area (Å²) in [5.41, 5.74) is 0.612. The minimum absolute atomic E-state index is 0.0137. The SMILES string of the molecule is COc1cc(F)c(C(=O)N2CCn3nc([C@H](C)O)cc3C2)c(F)c1. The van der Waals surface area contributed by atoms with E-state index in [1.165, 1.54) is 12.0 Å². The van der Waals surface area contributed by atoms with E-state index in [0.717, 1.165) is 12.1 Å². The number of hydrogen-bond acceptors (Lipinski definition) is 4. The van der Waals surface area contributed by atoms with Gasteiger partial charge in [-0.3, -0.25) is 9.48 Å². The fourth-order valence-corrected chi connectivity index (χ4v) is 2.70. The fraction of sp³-hybridized carbons (Fsp3) is 0.375. The van der Waals surface area contributed by atoms with E-state index in [4.69, 9.17) is 4.74 Å². The van der Waals surface area contributed by atoms with Crippen LogP contribution in [0.4, 0.5) is 8.78 Å². The highest BCUT2D eigenvalue weighted by Crippen LogP contribution is 2.24. The summed E-state index contributed by atoms with van der Waals surface area (Å²) >= 11 is 0. The van der Waals surface area contributed by atoms with Crippen LogP contribution >= 0.6 is 0 Å². The van der Waals surface area contributed by atoms with Crippen LogP contribution in [0.15, 0.2) is 18.2 Å². The maximum absolute atomic E-state index is 14.1. The molecule has 2 aromatic rings. The second-order valence-electron chi connectivity index (χ2n) is 5.65. The molecule has 128 valence electrons. The third kappa shape index (κ3) is 2.84. The molecule has 3 rings (SSSR count). The highest BCUT2D eigenvalue weighted by molar-refractivity contribution is 5.95. The topological polar surface area (TPSA) is 67.6 Å². The molecular formula is C16H17F2N3O3. The van der Waals surface area contributed by atoms with Gasteiger partial charge in [-0.25, -0.2) is 8.78 Å². The molecule has 2 heterocycles. The maximum atomic E-state index is 14.1. The molecule has 1 aromatic heterocycles. The number of nitrogens with zero attached hydrogens (tertiary/aromatic N) is 3. The first kappa shape index (κ1) is 16.4. The summed E-state index contributed by atoms with van der Waals surface area (Å²) in [6.07, 6.45) is -0.719. The van der Waals surface area contributed by atoms with Crippen LogP contribution in [0.5, 0.6) is 5.75 Å². The number of aromatic nitrogens is 2. The Hall–Kier alpha value is -2.48. The van der Waals surface area contributed by atoms with E-state index >= 15 is 0 Å². The van der Waals surface area contributed by atoms with Gasteiger partial charge in [0, 0.05) is 18.7 Å². The molecule has 0 unspecified atom stereocenters. The van der Waals surface area contributed by atoms with Crippen LogP contribution in [0, 0.1) is 11.6 Å².